The number of methoxy groups -OCH3 is 3. The highest BCUT2D eigenvalue weighted by Crippen LogP contribution is 2.44. The summed E-state index contributed by atoms with van der Waals surface area (Å²) < 4.78 is 27.1. The third-order valence-corrected chi connectivity index (χ3v) is 4.87. The lowest BCUT2D eigenvalue weighted by Gasteiger charge is -2.14. The van der Waals surface area contributed by atoms with Gasteiger partial charge < -0.3 is 34.0 Å². The van der Waals surface area contributed by atoms with Crippen LogP contribution in [0.5, 0.6) is 28.7 Å². The Morgan fingerprint density at radius 1 is 1.07 bits per heavy atom. The van der Waals surface area contributed by atoms with E-state index in [9.17, 15) is 4.79 Å². The SMILES string of the molecule is COc1cc2[nH]cc(CCNC(=O)c3ccc4c(c3)OCO4)c2c(OC)c1OC. The number of aromatic amines is 1. The van der Waals surface area contributed by atoms with Crippen LogP contribution < -0.4 is 29.0 Å². The molecule has 152 valence electrons. The molecule has 8 heteroatoms. The zero-order valence-electron chi connectivity index (χ0n) is 16.5. The molecule has 2 heterocycles. The Bertz CT molecular complexity index is 1060. The van der Waals surface area contributed by atoms with E-state index in [0.717, 1.165) is 16.5 Å². The van der Waals surface area contributed by atoms with Gasteiger partial charge in [0.1, 0.15) is 0 Å². The van der Waals surface area contributed by atoms with E-state index in [2.05, 4.69) is 10.3 Å². The van der Waals surface area contributed by atoms with Gasteiger partial charge >= 0.3 is 0 Å². The highest BCUT2D eigenvalue weighted by Gasteiger charge is 2.20. The molecule has 0 bridgehead atoms. The molecule has 0 atom stereocenters. The number of amides is 1. The number of rotatable bonds is 7. The fraction of sp³-hybridized carbons (Fsp3) is 0.286. The normalized spacial score (nSPS) is 12.1. The van der Waals surface area contributed by atoms with E-state index < -0.39 is 0 Å². The molecule has 0 saturated heterocycles. The molecule has 1 aromatic heterocycles. The van der Waals surface area contributed by atoms with Crippen LogP contribution in [-0.4, -0.2) is 45.6 Å². The molecule has 0 unspecified atom stereocenters. The van der Waals surface area contributed by atoms with E-state index in [-0.39, 0.29) is 12.7 Å². The summed E-state index contributed by atoms with van der Waals surface area (Å²) in [5.74, 6) is 2.78. The number of fused-ring (bicyclic) bond motifs is 2. The summed E-state index contributed by atoms with van der Waals surface area (Å²) in [5.41, 5.74) is 2.40. The van der Waals surface area contributed by atoms with E-state index in [4.69, 9.17) is 23.7 Å². The van der Waals surface area contributed by atoms with E-state index in [1.165, 1.54) is 0 Å². The number of ether oxygens (including phenoxy) is 5. The topological polar surface area (TPSA) is 91.0 Å². The number of hydrogen-bond acceptors (Lipinski definition) is 6. The molecule has 0 radical (unpaired) electrons. The Kier molecular flexibility index (Phi) is 5.07. The number of H-pyrrole nitrogens is 1. The third kappa shape index (κ3) is 3.37. The summed E-state index contributed by atoms with van der Waals surface area (Å²) >= 11 is 0. The molecule has 2 N–H and O–H groups in total. The predicted molar refractivity (Wildman–Crippen MR) is 107 cm³/mol. The second kappa shape index (κ2) is 7.83. The van der Waals surface area contributed by atoms with Crippen LogP contribution in [0.1, 0.15) is 15.9 Å². The predicted octanol–water partition coefficient (Wildman–Crippen LogP) is 2.89. The molecular formula is C21H22N2O6. The van der Waals surface area contributed by atoms with Crippen LogP contribution in [-0.2, 0) is 6.42 Å². The van der Waals surface area contributed by atoms with Crippen LogP contribution in [0.15, 0.2) is 30.5 Å². The molecule has 1 aliphatic heterocycles. The Labute approximate surface area is 167 Å². The molecule has 29 heavy (non-hydrogen) atoms. The van der Waals surface area contributed by atoms with Gasteiger partial charge in [0.15, 0.2) is 23.0 Å². The van der Waals surface area contributed by atoms with Gasteiger partial charge in [-0.3, -0.25) is 4.79 Å². The summed E-state index contributed by atoms with van der Waals surface area (Å²) in [6.45, 7) is 0.634. The quantitative estimate of drug-likeness (QED) is 0.636. The smallest absolute Gasteiger partial charge is 0.251 e. The van der Waals surface area contributed by atoms with Crippen molar-refractivity contribution in [1.82, 2.24) is 10.3 Å². The number of hydrogen-bond donors (Lipinski definition) is 2. The Hall–Kier alpha value is -3.55. The van der Waals surface area contributed by atoms with Crippen molar-refractivity contribution in [2.45, 2.75) is 6.42 Å². The van der Waals surface area contributed by atoms with Crippen LogP contribution in [0, 0.1) is 0 Å². The maximum Gasteiger partial charge on any atom is 0.251 e. The molecular weight excluding hydrogens is 376 g/mol. The minimum absolute atomic E-state index is 0.172. The summed E-state index contributed by atoms with van der Waals surface area (Å²) in [6.07, 6.45) is 2.51. The molecule has 4 rings (SSSR count). The molecule has 0 fully saturated rings. The molecule has 1 aliphatic rings. The van der Waals surface area contributed by atoms with Crippen LogP contribution in [0.4, 0.5) is 0 Å². The van der Waals surface area contributed by atoms with Crippen molar-refractivity contribution in [1.29, 1.82) is 0 Å². The minimum Gasteiger partial charge on any atom is -0.493 e. The summed E-state index contributed by atoms with van der Waals surface area (Å²) in [6, 6.07) is 7.01. The number of nitrogens with one attached hydrogen (secondary N) is 2. The Balaban J connectivity index is 1.50. The summed E-state index contributed by atoms with van der Waals surface area (Å²) in [7, 11) is 4.75. The van der Waals surface area contributed by atoms with Crippen LogP contribution in [0.3, 0.4) is 0 Å². The van der Waals surface area contributed by atoms with Crippen molar-refractivity contribution in [3.05, 3.63) is 41.6 Å². The zero-order valence-corrected chi connectivity index (χ0v) is 16.5. The molecule has 8 nitrogen and oxygen atoms in total. The fourth-order valence-corrected chi connectivity index (χ4v) is 3.47. The van der Waals surface area contributed by atoms with Gasteiger partial charge in [0, 0.05) is 29.8 Å². The van der Waals surface area contributed by atoms with Gasteiger partial charge in [-0.05, 0) is 30.2 Å². The first kappa shape index (κ1) is 18.8. The van der Waals surface area contributed by atoms with Crippen molar-refractivity contribution in [3.63, 3.8) is 0 Å². The van der Waals surface area contributed by atoms with E-state index in [1.807, 2.05) is 12.3 Å². The number of carbonyl (C=O) groups is 1. The molecule has 2 aromatic carbocycles. The van der Waals surface area contributed by atoms with Crippen LogP contribution in [0.2, 0.25) is 0 Å². The maximum atomic E-state index is 12.5. The van der Waals surface area contributed by atoms with Crippen molar-refractivity contribution in [2.24, 2.45) is 0 Å². The molecule has 0 spiro atoms. The maximum absolute atomic E-state index is 12.5. The second-order valence-corrected chi connectivity index (χ2v) is 6.46. The summed E-state index contributed by atoms with van der Waals surface area (Å²) in [4.78, 5) is 15.7. The number of benzene rings is 2. The van der Waals surface area contributed by atoms with E-state index in [0.29, 0.717) is 47.3 Å². The lowest BCUT2D eigenvalue weighted by molar-refractivity contribution is 0.0953. The van der Waals surface area contributed by atoms with Crippen LogP contribution in [0.25, 0.3) is 10.9 Å². The molecule has 0 saturated carbocycles. The standard InChI is InChI=1S/C21H22N2O6/c1-25-17-9-14-18(20(27-3)19(17)26-2)13(10-23-14)6-7-22-21(24)12-4-5-15-16(8-12)29-11-28-15/h4-5,8-10,23H,6-7,11H2,1-3H3,(H,22,24). The van der Waals surface area contributed by atoms with Gasteiger partial charge in [0.25, 0.3) is 5.91 Å². The van der Waals surface area contributed by atoms with Crippen molar-refractivity contribution in [2.75, 3.05) is 34.7 Å². The average molecular weight is 398 g/mol. The number of aromatic nitrogens is 1. The first-order valence-corrected chi connectivity index (χ1v) is 9.13. The molecule has 3 aromatic rings. The van der Waals surface area contributed by atoms with Gasteiger partial charge in [-0.2, -0.15) is 0 Å². The lowest BCUT2D eigenvalue weighted by Crippen LogP contribution is -2.25. The van der Waals surface area contributed by atoms with E-state index >= 15 is 0 Å². The zero-order chi connectivity index (χ0) is 20.4. The monoisotopic (exact) mass is 398 g/mol. The van der Waals surface area contributed by atoms with Crippen molar-refractivity contribution >= 4 is 16.8 Å². The van der Waals surface area contributed by atoms with Gasteiger partial charge in [-0.25, -0.2) is 0 Å². The first-order valence-electron chi connectivity index (χ1n) is 9.13. The van der Waals surface area contributed by atoms with Crippen LogP contribution >= 0.6 is 0 Å². The first-order chi connectivity index (χ1) is 14.2. The fourth-order valence-electron chi connectivity index (χ4n) is 3.47. The average Bonchev–Trinajstić information content (AvgIpc) is 3.38. The van der Waals surface area contributed by atoms with Gasteiger partial charge in [0.2, 0.25) is 12.5 Å². The van der Waals surface area contributed by atoms with Gasteiger partial charge in [-0.1, -0.05) is 0 Å². The number of carbonyl (C=O) groups excluding carboxylic acids is 1. The minimum atomic E-state index is -0.172. The largest absolute Gasteiger partial charge is 0.493 e. The van der Waals surface area contributed by atoms with E-state index in [1.54, 1.807) is 39.5 Å². The van der Waals surface area contributed by atoms with Crippen molar-refractivity contribution < 1.29 is 28.5 Å². The highest BCUT2D eigenvalue weighted by molar-refractivity contribution is 5.95. The Morgan fingerprint density at radius 3 is 2.62 bits per heavy atom. The Morgan fingerprint density at radius 2 is 1.86 bits per heavy atom. The highest BCUT2D eigenvalue weighted by atomic mass is 16.7. The lowest BCUT2D eigenvalue weighted by atomic mass is 10.1. The van der Waals surface area contributed by atoms with Gasteiger partial charge in [0.05, 0.1) is 26.8 Å². The van der Waals surface area contributed by atoms with Gasteiger partial charge in [-0.15, -0.1) is 0 Å². The summed E-state index contributed by atoms with van der Waals surface area (Å²) in [5, 5.41) is 3.84. The second-order valence-electron chi connectivity index (χ2n) is 6.46. The molecule has 0 aliphatic carbocycles. The third-order valence-electron chi connectivity index (χ3n) is 4.87. The molecule has 1 amide bonds. The van der Waals surface area contributed by atoms with Crippen molar-refractivity contribution in [3.8, 4) is 28.7 Å².